The second-order valence-electron chi connectivity index (χ2n) is 3.49. The molecule has 0 aliphatic carbocycles. The minimum atomic E-state index is 0.611. The van der Waals surface area contributed by atoms with Crippen molar-refractivity contribution in [2.24, 2.45) is 0 Å². The SMILES string of the molecule is c1cc(CNc2nccn3nccc23)ncn1. The number of hydrogen-bond donors (Lipinski definition) is 1. The predicted octanol–water partition coefficient (Wildman–Crippen LogP) is 1.13. The van der Waals surface area contributed by atoms with Crippen LogP contribution in [0.1, 0.15) is 5.69 Å². The standard InChI is InChI=1S/C11H10N6/c1-3-12-8-15-9(1)7-14-11-10-2-4-16-17(10)6-5-13-11/h1-6,8H,7H2,(H,13,14). The fourth-order valence-electron chi connectivity index (χ4n) is 1.59. The summed E-state index contributed by atoms with van der Waals surface area (Å²) in [6, 6.07) is 3.78. The molecule has 0 aliphatic rings. The maximum Gasteiger partial charge on any atom is 0.152 e. The van der Waals surface area contributed by atoms with Crippen molar-refractivity contribution in [3.63, 3.8) is 0 Å². The van der Waals surface area contributed by atoms with E-state index in [0.717, 1.165) is 17.0 Å². The molecule has 6 nitrogen and oxygen atoms in total. The van der Waals surface area contributed by atoms with Gasteiger partial charge in [0, 0.05) is 18.6 Å². The molecule has 84 valence electrons. The van der Waals surface area contributed by atoms with Crippen LogP contribution in [0, 0.1) is 0 Å². The lowest BCUT2D eigenvalue weighted by atomic mass is 10.4. The van der Waals surface area contributed by atoms with Crippen LogP contribution in [0.25, 0.3) is 5.52 Å². The Morgan fingerprint density at radius 2 is 2.12 bits per heavy atom. The number of aromatic nitrogens is 5. The predicted molar refractivity (Wildman–Crippen MR) is 62.3 cm³/mol. The van der Waals surface area contributed by atoms with Gasteiger partial charge in [0.1, 0.15) is 11.8 Å². The molecular weight excluding hydrogens is 216 g/mol. The highest BCUT2D eigenvalue weighted by Gasteiger charge is 2.02. The van der Waals surface area contributed by atoms with Crippen LogP contribution >= 0.6 is 0 Å². The van der Waals surface area contributed by atoms with Crippen LogP contribution < -0.4 is 5.32 Å². The summed E-state index contributed by atoms with van der Waals surface area (Å²) in [7, 11) is 0. The van der Waals surface area contributed by atoms with Gasteiger partial charge in [-0.05, 0) is 12.1 Å². The lowest BCUT2D eigenvalue weighted by Gasteiger charge is -2.05. The summed E-state index contributed by atoms with van der Waals surface area (Å²) in [5.74, 6) is 0.795. The maximum absolute atomic E-state index is 4.28. The molecule has 0 saturated carbocycles. The first kappa shape index (κ1) is 9.71. The Bertz CT molecular complexity index is 618. The van der Waals surface area contributed by atoms with Crippen molar-refractivity contribution in [2.75, 3.05) is 5.32 Å². The average molecular weight is 226 g/mol. The third kappa shape index (κ3) is 1.92. The Morgan fingerprint density at radius 3 is 3.00 bits per heavy atom. The van der Waals surface area contributed by atoms with E-state index in [9.17, 15) is 0 Å². The van der Waals surface area contributed by atoms with Crippen LogP contribution in [0.2, 0.25) is 0 Å². The van der Waals surface area contributed by atoms with E-state index in [-0.39, 0.29) is 0 Å². The van der Waals surface area contributed by atoms with Gasteiger partial charge in [0.2, 0.25) is 0 Å². The third-order valence-electron chi connectivity index (χ3n) is 2.40. The van der Waals surface area contributed by atoms with Gasteiger partial charge in [0.05, 0.1) is 18.4 Å². The zero-order valence-corrected chi connectivity index (χ0v) is 8.98. The van der Waals surface area contributed by atoms with Gasteiger partial charge in [-0.15, -0.1) is 0 Å². The molecule has 0 spiro atoms. The Hall–Kier alpha value is -2.50. The summed E-state index contributed by atoms with van der Waals surface area (Å²) in [5.41, 5.74) is 1.87. The van der Waals surface area contributed by atoms with Crippen molar-refractivity contribution >= 4 is 11.3 Å². The molecule has 17 heavy (non-hydrogen) atoms. The topological polar surface area (TPSA) is 68.0 Å². The fourth-order valence-corrected chi connectivity index (χ4v) is 1.59. The molecule has 6 heteroatoms. The highest BCUT2D eigenvalue weighted by Crippen LogP contribution is 2.12. The monoisotopic (exact) mass is 226 g/mol. The molecule has 3 aromatic heterocycles. The van der Waals surface area contributed by atoms with Crippen LogP contribution in [0.15, 0.2) is 43.2 Å². The quantitative estimate of drug-likeness (QED) is 0.725. The molecule has 0 fully saturated rings. The first-order valence-electron chi connectivity index (χ1n) is 5.20. The smallest absolute Gasteiger partial charge is 0.152 e. The Kier molecular flexibility index (Phi) is 2.38. The van der Waals surface area contributed by atoms with Gasteiger partial charge < -0.3 is 5.32 Å². The molecule has 0 atom stereocenters. The Morgan fingerprint density at radius 1 is 1.12 bits per heavy atom. The molecule has 0 aliphatic heterocycles. The van der Waals surface area contributed by atoms with E-state index in [1.807, 2.05) is 18.3 Å². The molecule has 1 N–H and O–H groups in total. The summed E-state index contributed by atoms with van der Waals surface area (Å²) in [6.45, 7) is 0.611. The number of nitrogens with zero attached hydrogens (tertiary/aromatic N) is 5. The molecule has 0 saturated heterocycles. The van der Waals surface area contributed by atoms with E-state index in [2.05, 4.69) is 25.4 Å². The number of fused-ring (bicyclic) bond motifs is 1. The van der Waals surface area contributed by atoms with Crippen LogP contribution in [0.5, 0.6) is 0 Å². The van der Waals surface area contributed by atoms with Gasteiger partial charge in [-0.1, -0.05) is 0 Å². The minimum Gasteiger partial charge on any atom is -0.363 e. The average Bonchev–Trinajstić information content (AvgIpc) is 2.86. The maximum atomic E-state index is 4.28. The van der Waals surface area contributed by atoms with E-state index >= 15 is 0 Å². The number of nitrogens with one attached hydrogen (secondary N) is 1. The van der Waals surface area contributed by atoms with E-state index in [1.54, 1.807) is 23.1 Å². The molecule has 0 amide bonds. The molecular formula is C11H10N6. The Labute approximate surface area is 97.4 Å². The zero-order chi connectivity index (χ0) is 11.5. The highest BCUT2D eigenvalue weighted by molar-refractivity contribution is 5.66. The zero-order valence-electron chi connectivity index (χ0n) is 8.98. The Balaban J connectivity index is 1.84. The first-order chi connectivity index (χ1) is 8.43. The summed E-state index contributed by atoms with van der Waals surface area (Å²) in [5, 5.41) is 7.37. The summed E-state index contributed by atoms with van der Waals surface area (Å²) < 4.78 is 1.77. The van der Waals surface area contributed by atoms with Gasteiger partial charge in [-0.2, -0.15) is 5.10 Å². The fraction of sp³-hybridized carbons (Fsp3) is 0.0909. The lowest BCUT2D eigenvalue weighted by Crippen LogP contribution is -2.04. The lowest BCUT2D eigenvalue weighted by molar-refractivity contribution is 0.936. The number of anilines is 1. The summed E-state index contributed by atoms with van der Waals surface area (Å²) in [4.78, 5) is 12.3. The van der Waals surface area contributed by atoms with Crippen LogP contribution in [-0.4, -0.2) is 24.6 Å². The van der Waals surface area contributed by atoms with E-state index in [0.29, 0.717) is 6.54 Å². The second-order valence-corrected chi connectivity index (χ2v) is 3.49. The minimum absolute atomic E-state index is 0.611. The van der Waals surface area contributed by atoms with Crippen molar-refractivity contribution in [1.82, 2.24) is 24.6 Å². The molecule has 0 bridgehead atoms. The normalized spacial score (nSPS) is 10.6. The van der Waals surface area contributed by atoms with Crippen molar-refractivity contribution in [3.05, 3.63) is 48.9 Å². The van der Waals surface area contributed by atoms with E-state index in [1.165, 1.54) is 6.33 Å². The third-order valence-corrected chi connectivity index (χ3v) is 2.40. The molecule has 0 unspecified atom stereocenters. The first-order valence-corrected chi connectivity index (χ1v) is 5.20. The van der Waals surface area contributed by atoms with E-state index < -0.39 is 0 Å². The molecule has 3 aromatic rings. The number of rotatable bonds is 3. The largest absolute Gasteiger partial charge is 0.363 e. The molecule has 3 heterocycles. The van der Waals surface area contributed by atoms with Crippen molar-refractivity contribution in [1.29, 1.82) is 0 Å². The molecule has 0 aromatic carbocycles. The summed E-state index contributed by atoms with van der Waals surface area (Å²) in [6.07, 6.45) is 8.51. The van der Waals surface area contributed by atoms with Crippen LogP contribution in [-0.2, 0) is 6.54 Å². The van der Waals surface area contributed by atoms with Crippen molar-refractivity contribution < 1.29 is 0 Å². The van der Waals surface area contributed by atoms with Gasteiger partial charge in [-0.3, -0.25) is 0 Å². The number of hydrogen-bond acceptors (Lipinski definition) is 5. The van der Waals surface area contributed by atoms with Gasteiger partial charge in [-0.25, -0.2) is 19.5 Å². The molecule has 3 rings (SSSR count). The van der Waals surface area contributed by atoms with Gasteiger partial charge >= 0.3 is 0 Å². The summed E-state index contributed by atoms with van der Waals surface area (Å²) >= 11 is 0. The van der Waals surface area contributed by atoms with Crippen LogP contribution in [0.3, 0.4) is 0 Å². The van der Waals surface area contributed by atoms with Crippen molar-refractivity contribution in [3.8, 4) is 0 Å². The van der Waals surface area contributed by atoms with Crippen molar-refractivity contribution in [2.45, 2.75) is 6.54 Å². The van der Waals surface area contributed by atoms with Gasteiger partial charge in [0.15, 0.2) is 5.82 Å². The molecule has 0 radical (unpaired) electrons. The van der Waals surface area contributed by atoms with Crippen LogP contribution in [0.4, 0.5) is 5.82 Å². The second kappa shape index (κ2) is 4.17. The van der Waals surface area contributed by atoms with Gasteiger partial charge in [0.25, 0.3) is 0 Å². The van der Waals surface area contributed by atoms with E-state index in [4.69, 9.17) is 0 Å². The highest BCUT2D eigenvalue weighted by atomic mass is 15.2.